The molecule has 0 aliphatic carbocycles. The number of hydrogen-bond acceptors (Lipinski definition) is 6. The zero-order valence-electron chi connectivity index (χ0n) is 11.0. The van der Waals surface area contributed by atoms with E-state index >= 15 is 0 Å². The zero-order valence-corrected chi connectivity index (χ0v) is 11.8. The quantitative estimate of drug-likeness (QED) is 0.859. The summed E-state index contributed by atoms with van der Waals surface area (Å²) in [6.45, 7) is 0. The van der Waals surface area contributed by atoms with Crippen molar-refractivity contribution >= 4 is 15.5 Å². The average Bonchev–Trinajstić information content (AvgIpc) is 2.46. The molecule has 0 aliphatic rings. The number of hydrogen-bond donors (Lipinski definition) is 1. The third-order valence-corrected chi connectivity index (χ3v) is 4.51. The number of nitrogens with two attached hydrogens (primary N) is 1. The number of ether oxygens (including phenoxy) is 2. The second kappa shape index (κ2) is 5.38. The maximum absolute atomic E-state index is 12.6. The van der Waals surface area contributed by atoms with Gasteiger partial charge in [0.1, 0.15) is 4.90 Å². The fourth-order valence-corrected chi connectivity index (χ4v) is 3.13. The van der Waals surface area contributed by atoms with Gasteiger partial charge >= 0.3 is 0 Å². The highest BCUT2D eigenvalue weighted by molar-refractivity contribution is 7.91. The summed E-state index contributed by atoms with van der Waals surface area (Å²) in [5.41, 5.74) is 6.05. The van der Waals surface area contributed by atoms with Crippen LogP contribution in [0.5, 0.6) is 11.6 Å². The van der Waals surface area contributed by atoms with Gasteiger partial charge in [0.15, 0.2) is 5.75 Å². The smallest absolute Gasteiger partial charge is 0.258 e. The Hall–Kier alpha value is -2.28. The van der Waals surface area contributed by atoms with Gasteiger partial charge in [-0.05, 0) is 30.3 Å². The summed E-state index contributed by atoms with van der Waals surface area (Å²) in [5, 5.41) is 0. The Morgan fingerprint density at radius 2 is 1.70 bits per heavy atom. The number of rotatable bonds is 4. The Morgan fingerprint density at radius 1 is 1.05 bits per heavy atom. The van der Waals surface area contributed by atoms with Crippen LogP contribution in [0.4, 0.5) is 5.69 Å². The minimum absolute atomic E-state index is 0.00313. The number of methoxy groups -OCH3 is 2. The lowest BCUT2D eigenvalue weighted by molar-refractivity contribution is 0.335. The van der Waals surface area contributed by atoms with Crippen LogP contribution in [0.2, 0.25) is 0 Å². The maximum atomic E-state index is 12.6. The van der Waals surface area contributed by atoms with Gasteiger partial charge in [-0.1, -0.05) is 0 Å². The molecule has 6 nitrogen and oxygen atoms in total. The third kappa shape index (κ3) is 2.39. The van der Waals surface area contributed by atoms with Crippen LogP contribution < -0.4 is 15.2 Å². The molecule has 106 valence electrons. The third-order valence-electron chi connectivity index (χ3n) is 2.71. The van der Waals surface area contributed by atoms with Crippen LogP contribution in [0, 0.1) is 0 Å². The van der Waals surface area contributed by atoms with Crippen molar-refractivity contribution in [2.24, 2.45) is 0 Å². The van der Waals surface area contributed by atoms with Gasteiger partial charge in [0, 0.05) is 11.9 Å². The van der Waals surface area contributed by atoms with Crippen molar-refractivity contribution in [2.75, 3.05) is 20.0 Å². The SMILES string of the molecule is COc1nccc(S(=O)(=O)c2ccc(N)cc2)c1OC. The molecule has 0 atom stereocenters. The van der Waals surface area contributed by atoms with Crippen molar-refractivity contribution in [3.8, 4) is 11.6 Å². The summed E-state index contributed by atoms with van der Waals surface area (Å²) in [4.78, 5) is 4.04. The first-order valence-corrected chi connectivity index (χ1v) is 7.16. The Bertz CT molecular complexity index is 712. The molecule has 20 heavy (non-hydrogen) atoms. The molecule has 0 spiro atoms. The van der Waals surface area contributed by atoms with Crippen LogP contribution in [0.15, 0.2) is 46.3 Å². The Labute approximate surface area is 117 Å². The van der Waals surface area contributed by atoms with E-state index in [0.29, 0.717) is 5.69 Å². The molecular formula is C13H14N2O4S. The van der Waals surface area contributed by atoms with E-state index in [9.17, 15) is 8.42 Å². The van der Waals surface area contributed by atoms with Crippen LogP contribution in [0.3, 0.4) is 0 Å². The molecule has 2 aromatic rings. The standard InChI is InChI=1S/C13H14N2O4S/c1-18-12-11(7-8-15-13(12)19-2)20(16,17)10-5-3-9(14)4-6-10/h3-8H,14H2,1-2H3. The van der Waals surface area contributed by atoms with Crippen molar-refractivity contribution in [3.05, 3.63) is 36.5 Å². The van der Waals surface area contributed by atoms with Crippen LogP contribution in [0.1, 0.15) is 0 Å². The second-order valence-electron chi connectivity index (χ2n) is 3.92. The monoisotopic (exact) mass is 294 g/mol. The fraction of sp³-hybridized carbons (Fsp3) is 0.154. The van der Waals surface area contributed by atoms with Crippen molar-refractivity contribution in [2.45, 2.75) is 9.79 Å². The van der Waals surface area contributed by atoms with Gasteiger partial charge in [0.25, 0.3) is 5.88 Å². The van der Waals surface area contributed by atoms with Gasteiger partial charge in [-0.25, -0.2) is 13.4 Å². The van der Waals surface area contributed by atoms with Gasteiger partial charge in [-0.3, -0.25) is 0 Å². The number of benzene rings is 1. The first-order valence-electron chi connectivity index (χ1n) is 5.68. The van der Waals surface area contributed by atoms with Crippen LogP contribution in [-0.4, -0.2) is 27.6 Å². The van der Waals surface area contributed by atoms with E-state index in [-0.39, 0.29) is 21.4 Å². The molecule has 0 saturated carbocycles. The molecule has 1 aromatic heterocycles. The normalized spacial score (nSPS) is 11.1. The summed E-state index contributed by atoms with van der Waals surface area (Å²) in [6, 6.07) is 7.30. The molecule has 1 aromatic carbocycles. The van der Waals surface area contributed by atoms with E-state index < -0.39 is 9.84 Å². The predicted molar refractivity (Wildman–Crippen MR) is 73.6 cm³/mol. The van der Waals surface area contributed by atoms with Crippen molar-refractivity contribution in [1.29, 1.82) is 0 Å². The first kappa shape index (κ1) is 14.1. The molecule has 0 radical (unpaired) electrons. The minimum Gasteiger partial charge on any atom is -0.490 e. The lowest BCUT2D eigenvalue weighted by Gasteiger charge is -2.12. The summed E-state index contributed by atoms with van der Waals surface area (Å²) >= 11 is 0. The van der Waals surface area contributed by atoms with Crippen LogP contribution in [-0.2, 0) is 9.84 Å². The molecule has 2 N–H and O–H groups in total. The van der Waals surface area contributed by atoms with Crippen molar-refractivity contribution < 1.29 is 17.9 Å². The highest BCUT2D eigenvalue weighted by atomic mass is 32.2. The van der Waals surface area contributed by atoms with Gasteiger partial charge in [0.05, 0.1) is 19.1 Å². The van der Waals surface area contributed by atoms with Gasteiger partial charge < -0.3 is 15.2 Å². The Balaban J connectivity index is 2.63. The van der Waals surface area contributed by atoms with E-state index in [4.69, 9.17) is 15.2 Å². The minimum atomic E-state index is -3.73. The summed E-state index contributed by atoms with van der Waals surface area (Å²) in [7, 11) is -0.976. The molecule has 0 bridgehead atoms. The number of sulfone groups is 1. The van der Waals surface area contributed by atoms with E-state index in [1.54, 1.807) is 0 Å². The topological polar surface area (TPSA) is 91.5 Å². The molecule has 0 saturated heterocycles. The van der Waals surface area contributed by atoms with Gasteiger partial charge in [0.2, 0.25) is 9.84 Å². The van der Waals surface area contributed by atoms with Crippen LogP contribution >= 0.6 is 0 Å². The second-order valence-corrected chi connectivity index (χ2v) is 5.84. The summed E-state index contributed by atoms with van der Waals surface area (Å²) in [5.74, 6) is 0.191. The molecule has 7 heteroatoms. The molecule has 2 rings (SSSR count). The molecular weight excluding hydrogens is 280 g/mol. The number of anilines is 1. The number of nitrogen functional groups attached to an aromatic ring is 1. The highest BCUT2D eigenvalue weighted by Crippen LogP contribution is 2.35. The van der Waals surface area contributed by atoms with Crippen molar-refractivity contribution in [3.63, 3.8) is 0 Å². The van der Waals surface area contributed by atoms with E-state index in [1.807, 2.05) is 0 Å². The maximum Gasteiger partial charge on any atom is 0.258 e. The fourth-order valence-electron chi connectivity index (χ4n) is 1.73. The highest BCUT2D eigenvalue weighted by Gasteiger charge is 2.25. The number of pyridine rings is 1. The summed E-state index contributed by atoms with van der Waals surface area (Å²) in [6.07, 6.45) is 1.35. The average molecular weight is 294 g/mol. The summed E-state index contributed by atoms with van der Waals surface area (Å²) < 4.78 is 35.3. The number of nitrogens with zero attached hydrogens (tertiary/aromatic N) is 1. The molecule has 0 aliphatic heterocycles. The van der Waals surface area contributed by atoms with Crippen LogP contribution in [0.25, 0.3) is 0 Å². The molecule has 1 heterocycles. The number of aromatic nitrogens is 1. The molecule has 0 amide bonds. The lowest BCUT2D eigenvalue weighted by atomic mass is 10.3. The largest absolute Gasteiger partial charge is 0.490 e. The van der Waals surface area contributed by atoms with E-state index in [1.165, 1.54) is 50.7 Å². The molecule has 0 unspecified atom stereocenters. The van der Waals surface area contributed by atoms with Crippen molar-refractivity contribution in [1.82, 2.24) is 4.98 Å². The zero-order chi connectivity index (χ0) is 14.8. The Morgan fingerprint density at radius 3 is 2.25 bits per heavy atom. The van der Waals surface area contributed by atoms with Gasteiger partial charge in [-0.2, -0.15) is 0 Å². The lowest BCUT2D eigenvalue weighted by Crippen LogP contribution is -2.06. The van der Waals surface area contributed by atoms with Gasteiger partial charge in [-0.15, -0.1) is 0 Å². The van der Waals surface area contributed by atoms with E-state index in [0.717, 1.165) is 0 Å². The Kier molecular flexibility index (Phi) is 3.80. The van der Waals surface area contributed by atoms with E-state index in [2.05, 4.69) is 4.98 Å². The predicted octanol–water partition coefficient (Wildman–Crippen LogP) is 1.51. The molecule has 0 fully saturated rings. The first-order chi connectivity index (χ1) is 9.50.